The molecule has 2 aliphatic rings. The molecule has 1 saturated carbocycles. The fourth-order valence-electron chi connectivity index (χ4n) is 3.08. The summed E-state index contributed by atoms with van der Waals surface area (Å²) in [6, 6.07) is 0. The van der Waals surface area contributed by atoms with E-state index in [0.717, 1.165) is 25.7 Å². The number of carbonyl (C=O) groups is 2. The number of nitrogen functional groups attached to an aromatic ring is 1. The fourth-order valence-corrected chi connectivity index (χ4v) is 3.08. The van der Waals surface area contributed by atoms with Gasteiger partial charge in [0.25, 0.3) is 0 Å². The van der Waals surface area contributed by atoms with Crippen LogP contribution in [0.15, 0.2) is 6.20 Å². The minimum atomic E-state index is -0.407. The van der Waals surface area contributed by atoms with Crippen molar-refractivity contribution in [2.75, 3.05) is 5.73 Å². The minimum Gasteiger partial charge on any atom is -0.384 e. The van der Waals surface area contributed by atoms with Gasteiger partial charge in [-0.3, -0.25) is 19.6 Å². The van der Waals surface area contributed by atoms with Crippen LogP contribution in [-0.4, -0.2) is 26.9 Å². The third-order valence-corrected chi connectivity index (χ3v) is 4.13. The number of H-pyrrole nitrogens is 1. The van der Waals surface area contributed by atoms with Crippen LogP contribution in [0, 0.1) is 5.41 Å². The molecule has 1 aromatic rings. The number of hydrogen-bond acceptors (Lipinski definition) is 4. The Hall–Kier alpha value is -1.85. The number of amides is 2. The van der Waals surface area contributed by atoms with E-state index in [4.69, 9.17) is 5.73 Å². The Morgan fingerprint density at radius 1 is 1.39 bits per heavy atom. The quantitative estimate of drug-likeness (QED) is 0.757. The zero-order valence-corrected chi connectivity index (χ0v) is 10.1. The molecule has 2 amide bonds. The van der Waals surface area contributed by atoms with Crippen LogP contribution in [0.5, 0.6) is 0 Å². The van der Waals surface area contributed by atoms with Crippen LogP contribution in [-0.2, 0) is 16.1 Å². The topological polar surface area (TPSA) is 92.1 Å². The summed E-state index contributed by atoms with van der Waals surface area (Å²) in [7, 11) is 0. The molecule has 1 aliphatic heterocycles. The second kappa shape index (κ2) is 3.83. The summed E-state index contributed by atoms with van der Waals surface area (Å²) in [5.74, 6) is 0.316. The lowest BCUT2D eigenvalue weighted by Crippen LogP contribution is -2.34. The van der Waals surface area contributed by atoms with E-state index in [2.05, 4.69) is 10.2 Å². The Balaban J connectivity index is 1.83. The summed E-state index contributed by atoms with van der Waals surface area (Å²) in [6.45, 7) is 0.238. The van der Waals surface area contributed by atoms with Gasteiger partial charge in [-0.05, 0) is 12.8 Å². The summed E-state index contributed by atoms with van der Waals surface area (Å²) in [5.41, 5.74) is 5.98. The van der Waals surface area contributed by atoms with Gasteiger partial charge < -0.3 is 5.73 Å². The van der Waals surface area contributed by atoms with Gasteiger partial charge in [-0.1, -0.05) is 12.8 Å². The van der Waals surface area contributed by atoms with E-state index < -0.39 is 5.41 Å². The molecule has 96 valence electrons. The maximum absolute atomic E-state index is 12.4. The molecule has 0 atom stereocenters. The van der Waals surface area contributed by atoms with Crippen LogP contribution in [0.25, 0.3) is 0 Å². The number of carbonyl (C=O) groups excluding carboxylic acids is 2. The monoisotopic (exact) mass is 248 g/mol. The van der Waals surface area contributed by atoms with Gasteiger partial charge in [-0.25, -0.2) is 0 Å². The first-order valence-corrected chi connectivity index (χ1v) is 6.25. The zero-order chi connectivity index (χ0) is 12.8. The van der Waals surface area contributed by atoms with Gasteiger partial charge in [0.1, 0.15) is 5.82 Å². The lowest BCUT2D eigenvalue weighted by molar-refractivity contribution is -0.142. The molecule has 1 saturated heterocycles. The Labute approximate surface area is 105 Å². The van der Waals surface area contributed by atoms with E-state index in [-0.39, 0.29) is 18.4 Å². The van der Waals surface area contributed by atoms with Crippen molar-refractivity contribution >= 4 is 17.6 Å². The van der Waals surface area contributed by atoms with Gasteiger partial charge in [0.2, 0.25) is 11.8 Å². The Morgan fingerprint density at radius 2 is 2.11 bits per heavy atom. The van der Waals surface area contributed by atoms with Crippen LogP contribution in [0.2, 0.25) is 0 Å². The van der Waals surface area contributed by atoms with Gasteiger partial charge >= 0.3 is 0 Å². The van der Waals surface area contributed by atoms with Gasteiger partial charge in [0.05, 0.1) is 18.2 Å². The lowest BCUT2D eigenvalue weighted by atomic mass is 9.84. The average Bonchev–Trinajstić information content (AvgIpc) is 3.00. The van der Waals surface area contributed by atoms with Crippen molar-refractivity contribution in [3.63, 3.8) is 0 Å². The van der Waals surface area contributed by atoms with E-state index in [1.807, 2.05) is 0 Å². The molecule has 6 heteroatoms. The third kappa shape index (κ3) is 1.52. The van der Waals surface area contributed by atoms with E-state index >= 15 is 0 Å². The van der Waals surface area contributed by atoms with Crippen molar-refractivity contribution in [2.24, 2.45) is 5.41 Å². The van der Waals surface area contributed by atoms with E-state index in [1.54, 1.807) is 6.20 Å². The van der Waals surface area contributed by atoms with Crippen LogP contribution < -0.4 is 5.73 Å². The predicted octanol–water partition coefficient (Wildman–Crippen LogP) is 0.811. The Bertz CT molecular complexity index is 502. The zero-order valence-electron chi connectivity index (χ0n) is 10.1. The number of aromatic amines is 1. The van der Waals surface area contributed by atoms with E-state index in [1.165, 1.54) is 4.90 Å². The lowest BCUT2D eigenvalue weighted by Gasteiger charge is -2.20. The maximum atomic E-state index is 12.4. The third-order valence-electron chi connectivity index (χ3n) is 4.13. The summed E-state index contributed by atoms with van der Waals surface area (Å²) >= 11 is 0. The van der Waals surface area contributed by atoms with Gasteiger partial charge in [-0.15, -0.1) is 0 Å². The Morgan fingerprint density at radius 3 is 2.72 bits per heavy atom. The smallest absolute Gasteiger partial charge is 0.236 e. The number of imide groups is 1. The van der Waals surface area contributed by atoms with Gasteiger partial charge in [-0.2, -0.15) is 5.10 Å². The molecule has 1 aromatic heterocycles. The first-order chi connectivity index (χ1) is 8.62. The highest BCUT2D eigenvalue weighted by Gasteiger charge is 2.52. The van der Waals surface area contributed by atoms with Crippen molar-refractivity contribution in [3.8, 4) is 0 Å². The molecular weight excluding hydrogens is 232 g/mol. The summed E-state index contributed by atoms with van der Waals surface area (Å²) < 4.78 is 0. The summed E-state index contributed by atoms with van der Waals surface area (Å²) in [4.78, 5) is 25.8. The maximum Gasteiger partial charge on any atom is 0.236 e. The number of nitrogens with zero attached hydrogens (tertiary/aromatic N) is 2. The molecule has 1 spiro atoms. The second-order valence-electron chi connectivity index (χ2n) is 5.26. The fraction of sp³-hybridized carbons (Fsp3) is 0.583. The van der Waals surface area contributed by atoms with Gasteiger partial charge in [0, 0.05) is 12.0 Å². The van der Waals surface area contributed by atoms with Crippen LogP contribution >= 0.6 is 0 Å². The first kappa shape index (κ1) is 11.3. The number of likely N-dealkylation sites (tertiary alicyclic amines) is 1. The molecule has 0 aromatic carbocycles. The SMILES string of the molecule is Nc1[nH]ncc1CN1C(=O)CC2(CCCC2)C1=O. The van der Waals surface area contributed by atoms with Crippen LogP contribution in [0.4, 0.5) is 5.82 Å². The van der Waals surface area contributed by atoms with Crippen molar-refractivity contribution in [2.45, 2.75) is 38.6 Å². The molecule has 0 bridgehead atoms. The number of hydrogen-bond donors (Lipinski definition) is 2. The molecule has 3 rings (SSSR count). The van der Waals surface area contributed by atoms with Gasteiger partial charge in [0.15, 0.2) is 0 Å². The van der Waals surface area contributed by atoms with Crippen molar-refractivity contribution in [1.29, 1.82) is 0 Å². The highest BCUT2D eigenvalue weighted by molar-refractivity contribution is 6.06. The molecule has 0 radical (unpaired) electrons. The number of rotatable bonds is 2. The molecule has 6 nitrogen and oxygen atoms in total. The normalized spacial score (nSPS) is 22.3. The standard InChI is InChI=1S/C12H16N4O2/c13-10-8(6-14-15-10)7-16-9(17)5-12(11(16)18)3-1-2-4-12/h6H,1-5,7H2,(H3,13,14,15). The number of aromatic nitrogens is 2. The second-order valence-corrected chi connectivity index (χ2v) is 5.26. The largest absolute Gasteiger partial charge is 0.384 e. The molecule has 2 fully saturated rings. The average molecular weight is 248 g/mol. The van der Waals surface area contributed by atoms with E-state index in [9.17, 15) is 9.59 Å². The summed E-state index contributed by atoms with van der Waals surface area (Å²) in [6.07, 6.45) is 5.70. The highest BCUT2D eigenvalue weighted by atomic mass is 16.2. The van der Waals surface area contributed by atoms with Crippen LogP contribution in [0.1, 0.15) is 37.7 Å². The van der Waals surface area contributed by atoms with E-state index in [0.29, 0.717) is 17.8 Å². The molecule has 0 unspecified atom stereocenters. The molecule has 18 heavy (non-hydrogen) atoms. The molecule has 3 N–H and O–H groups in total. The highest BCUT2D eigenvalue weighted by Crippen LogP contribution is 2.47. The molecule has 2 heterocycles. The first-order valence-electron chi connectivity index (χ1n) is 6.25. The number of nitrogens with two attached hydrogens (primary N) is 1. The van der Waals surface area contributed by atoms with Crippen molar-refractivity contribution in [3.05, 3.63) is 11.8 Å². The minimum absolute atomic E-state index is 0.0226. The van der Waals surface area contributed by atoms with Crippen LogP contribution in [0.3, 0.4) is 0 Å². The van der Waals surface area contributed by atoms with Crippen molar-refractivity contribution < 1.29 is 9.59 Å². The molecule has 1 aliphatic carbocycles. The number of anilines is 1. The Kier molecular flexibility index (Phi) is 2.39. The predicted molar refractivity (Wildman–Crippen MR) is 64.1 cm³/mol. The summed E-state index contributed by atoms with van der Waals surface area (Å²) in [5, 5.41) is 6.42. The number of nitrogens with one attached hydrogen (secondary N) is 1. The molecular formula is C12H16N4O2. The van der Waals surface area contributed by atoms with Crippen molar-refractivity contribution in [1.82, 2.24) is 15.1 Å².